The molecule has 0 saturated carbocycles. The van der Waals surface area contributed by atoms with Gasteiger partial charge in [0.1, 0.15) is 5.82 Å². The van der Waals surface area contributed by atoms with Gasteiger partial charge in [0.2, 0.25) is 0 Å². The molecule has 2 nitrogen and oxygen atoms in total. The molecule has 19 heavy (non-hydrogen) atoms. The average molecular weight is 268 g/mol. The van der Waals surface area contributed by atoms with Crippen LogP contribution < -0.4 is 0 Å². The zero-order chi connectivity index (χ0) is 13.2. The standard InChI is InChI=1S/C16H16N2S/c1-12(2)19-15-8-6-13(7-9-15)16-17-11-14-5-3-4-10-18(14)16/h3-12H,1-2H3. The summed E-state index contributed by atoms with van der Waals surface area (Å²) in [4.78, 5) is 5.82. The number of aromatic nitrogens is 2. The van der Waals surface area contributed by atoms with Crippen LogP contribution in [0.25, 0.3) is 16.9 Å². The molecule has 1 aromatic carbocycles. The molecular formula is C16H16N2S. The van der Waals surface area contributed by atoms with Gasteiger partial charge < -0.3 is 0 Å². The first-order chi connectivity index (χ1) is 9.24. The summed E-state index contributed by atoms with van der Waals surface area (Å²) in [6, 6.07) is 14.8. The third-order valence-electron chi connectivity index (χ3n) is 2.92. The molecule has 0 N–H and O–H groups in total. The Morgan fingerprint density at radius 3 is 2.58 bits per heavy atom. The summed E-state index contributed by atoms with van der Waals surface area (Å²) in [6.07, 6.45) is 3.96. The summed E-state index contributed by atoms with van der Waals surface area (Å²) in [7, 11) is 0. The Hall–Kier alpha value is -1.74. The van der Waals surface area contributed by atoms with Crippen molar-refractivity contribution in [2.45, 2.75) is 24.0 Å². The summed E-state index contributed by atoms with van der Waals surface area (Å²) in [5.74, 6) is 0.997. The molecule has 0 radical (unpaired) electrons. The van der Waals surface area contributed by atoms with Crippen LogP contribution in [0.4, 0.5) is 0 Å². The molecule has 3 aromatic rings. The molecule has 3 rings (SSSR count). The summed E-state index contributed by atoms with van der Waals surface area (Å²) < 4.78 is 2.12. The Kier molecular flexibility index (Phi) is 3.30. The first-order valence-corrected chi connectivity index (χ1v) is 7.31. The molecule has 0 aliphatic heterocycles. The number of hydrogen-bond donors (Lipinski definition) is 0. The molecule has 0 spiro atoms. The maximum atomic E-state index is 4.51. The Balaban J connectivity index is 1.98. The number of hydrogen-bond acceptors (Lipinski definition) is 2. The minimum absolute atomic E-state index is 0.609. The van der Waals surface area contributed by atoms with E-state index >= 15 is 0 Å². The van der Waals surface area contributed by atoms with Crippen molar-refractivity contribution in [1.29, 1.82) is 0 Å². The van der Waals surface area contributed by atoms with E-state index in [-0.39, 0.29) is 0 Å². The van der Waals surface area contributed by atoms with Crippen LogP contribution in [0.15, 0.2) is 59.8 Å². The van der Waals surface area contributed by atoms with E-state index in [0.29, 0.717) is 5.25 Å². The lowest BCUT2D eigenvalue weighted by Crippen LogP contribution is -1.89. The fourth-order valence-corrected chi connectivity index (χ4v) is 2.95. The van der Waals surface area contributed by atoms with Crippen molar-refractivity contribution in [2.75, 3.05) is 0 Å². The van der Waals surface area contributed by atoms with Crippen LogP contribution >= 0.6 is 11.8 Å². The van der Waals surface area contributed by atoms with Crippen LogP contribution in [0, 0.1) is 0 Å². The summed E-state index contributed by atoms with van der Waals surface area (Å²) >= 11 is 1.88. The van der Waals surface area contributed by atoms with Crippen molar-refractivity contribution in [3.63, 3.8) is 0 Å². The van der Waals surface area contributed by atoms with Gasteiger partial charge in [-0.3, -0.25) is 4.40 Å². The average Bonchev–Trinajstić information content (AvgIpc) is 2.83. The Bertz CT molecular complexity index is 683. The largest absolute Gasteiger partial charge is 0.300 e. The number of rotatable bonds is 3. The molecule has 0 amide bonds. The number of benzene rings is 1. The van der Waals surface area contributed by atoms with Crippen molar-refractivity contribution in [3.05, 3.63) is 54.9 Å². The first kappa shape index (κ1) is 12.3. The predicted octanol–water partition coefficient (Wildman–Crippen LogP) is 4.50. The quantitative estimate of drug-likeness (QED) is 0.651. The lowest BCUT2D eigenvalue weighted by molar-refractivity contribution is 1.11. The highest BCUT2D eigenvalue weighted by Gasteiger charge is 2.06. The van der Waals surface area contributed by atoms with Gasteiger partial charge in [-0.15, -0.1) is 11.8 Å². The fourth-order valence-electron chi connectivity index (χ4n) is 2.11. The van der Waals surface area contributed by atoms with Gasteiger partial charge in [-0.25, -0.2) is 4.98 Å². The molecule has 0 aliphatic carbocycles. The molecule has 0 saturated heterocycles. The minimum Gasteiger partial charge on any atom is -0.300 e. The van der Waals surface area contributed by atoms with Crippen molar-refractivity contribution in [3.8, 4) is 11.4 Å². The van der Waals surface area contributed by atoms with Gasteiger partial charge in [-0.2, -0.15) is 0 Å². The second-order valence-corrected chi connectivity index (χ2v) is 6.42. The zero-order valence-corrected chi connectivity index (χ0v) is 11.9. The second kappa shape index (κ2) is 5.10. The summed E-state index contributed by atoms with van der Waals surface area (Å²) in [5, 5.41) is 0.609. The summed E-state index contributed by atoms with van der Waals surface area (Å²) in [6.45, 7) is 4.42. The Labute approximate surface area is 117 Å². The highest BCUT2D eigenvalue weighted by molar-refractivity contribution is 7.99. The molecule has 0 aliphatic rings. The van der Waals surface area contributed by atoms with E-state index in [1.165, 1.54) is 4.90 Å². The van der Waals surface area contributed by atoms with Crippen molar-refractivity contribution in [1.82, 2.24) is 9.38 Å². The van der Waals surface area contributed by atoms with Gasteiger partial charge >= 0.3 is 0 Å². The molecule has 0 atom stereocenters. The van der Waals surface area contributed by atoms with Gasteiger partial charge in [-0.1, -0.05) is 32.0 Å². The van der Waals surface area contributed by atoms with Gasteiger partial charge in [0.25, 0.3) is 0 Å². The number of pyridine rings is 1. The monoisotopic (exact) mass is 268 g/mol. The smallest absolute Gasteiger partial charge is 0.144 e. The fraction of sp³-hybridized carbons (Fsp3) is 0.188. The normalized spacial score (nSPS) is 11.3. The first-order valence-electron chi connectivity index (χ1n) is 6.43. The van der Waals surface area contributed by atoms with Crippen LogP contribution in [0.2, 0.25) is 0 Å². The Morgan fingerprint density at radius 2 is 1.84 bits per heavy atom. The third-order valence-corrected chi connectivity index (χ3v) is 3.94. The van der Waals surface area contributed by atoms with Gasteiger partial charge in [0.05, 0.1) is 11.7 Å². The molecule has 0 unspecified atom stereocenters. The summed E-state index contributed by atoms with van der Waals surface area (Å²) in [5.41, 5.74) is 2.28. The maximum absolute atomic E-state index is 4.51. The van der Waals surface area contributed by atoms with Crippen LogP contribution in [0.3, 0.4) is 0 Å². The third kappa shape index (κ3) is 2.51. The SMILES string of the molecule is CC(C)Sc1ccc(-c2ncc3ccccn23)cc1. The van der Waals surface area contributed by atoms with Gasteiger partial charge in [0, 0.05) is 21.9 Å². The van der Waals surface area contributed by atoms with Crippen molar-refractivity contribution >= 4 is 17.3 Å². The number of imidazole rings is 1. The molecular weight excluding hydrogens is 252 g/mol. The highest BCUT2D eigenvalue weighted by atomic mass is 32.2. The number of nitrogens with zero attached hydrogens (tertiary/aromatic N) is 2. The zero-order valence-electron chi connectivity index (χ0n) is 11.1. The van der Waals surface area contributed by atoms with E-state index in [2.05, 4.69) is 59.8 Å². The second-order valence-electron chi connectivity index (χ2n) is 4.77. The van der Waals surface area contributed by atoms with E-state index in [1.807, 2.05) is 30.1 Å². The maximum Gasteiger partial charge on any atom is 0.144 e. The molecule has 3 heteroatoms. The minimum atomic E-state index is 0.609. The van der Waals surface area contributed by atoms with Crippen molar-refractivity contribution < 1.29 is 0 Å². The van der Waals surface area contributed by atoms with Crippen molar-refractivity contribution in [2.24, 2.45) is 0 Å². The van der Waals surface area contributed by atoms with E-state index in [9.17, 15) is 0 Å². The highest BCUT2D eigenvalue weighted by Crippen LogP contribution is 2.26. The molecule has 2 aromatic heterocycles. The number of thioether (sulfide) groups is 1. The molecule has 96 valence electrons. The van der Waals surface area contributed by atoms with E-state index in [1.54, 1.807) is 0 Å². The number of fused-ring (bicyclic) bond motifs is 1. The molecule has 0 bridgehead atoms. The van der Waals surface area contributed by atoms with E-state index < -0.39 is 0 Å². The van der Waals surface area contributed by atoms with Crippen LogP contribution in [-0.4, -0.2) is 14.6 Å². The molecule has 2 heterocycles. The van der Waals surface area contributed by atoms with Crippen LogP contribution in [0.1, 0.15) is 13.8 Å². The lowest BCUT2D eigenvalue weighted by Gasteiger charge is -2.06. The predicted molar refractivity (Wildman–Crippen MR) is 81.6 cm³/mol. The van der Waals surface area contributed by atoms with E-state index in [0.717, 1.165) is 16.9 Å². The Morgan fingerprint density at radius 1 is 1.05 bits per heavy atom. The van der Waals surface area contributed by atoms with Crippen LogP contribution in [0.5, 0.6) is 0 Å². The van der Waals surface area contributed by atoms with Gasteiger partial charge in [-0.05, 0) is 24.3 Å². The van der Waals surface area contributed by atoms with Gasteiger partial charge in [0.15, 0.2) is 0 Å². The van der Waals surface area contributed by atoms with Crippen LogP contribution in [-0.2, 0) is 0 Å². The lowest BCUT2D eigenvalue weighted by atomic mass is 10.2. The molecule has 0 fully saturated rings. The topological polar surface area (TPSA) is 17.3 Å². The van der Waals surface area contributed by atoms with E-state index in [4.69, 9.17) is 0 Å².